The molecule has 0 bridgehead atoms. The minimum Gasteiger partial charge on any atom is -0.480 e. The van der Waals surface area contributed by atoms with Gasteiger partial charge in [0.15, 0.2) is 0 Å². The van der Waals surface area contributed by atoms with E-state index in [9.17, 15) is 14.7 Å². The number of amides is 1. The minimum atomic E-state index is -1.05. The summed E-state index contributed by atoms with van der Waals surface area (Å²) in [5.74, 6) is -1.32. The minimum absolute atomic E-state index is 0.192. The van der Waals surface area contributed by atoms with Gasteiger partial charge in [0.05, 0.1) is 11.9 Å². The Morgan fingerprint density at radius 2 is 2.42 bits per heavy atom. The number of nitrogens with zero attached hydrogens (tertiary/aromatic N) is 1. The van der Waals surface area contributed by atoms with Gasteiger partial charge in [0.25, 0.3) is 0 Å². The number of aromatic amines is 1. The van der Waals surface area contributed by atoms with Crippen molar-refractivity contribution in [3.63, 3.8) is 0 Å². The predicted molar refractivity (Wildman–Crippen MR) is 67.5 cm³/mol. The van der Waals surface area contributed by atoms with Crippen molar-refractivity contribution >= 4 is 11.9 Å². The van der Waals surface area contributed by atoms with Crippen LogP contribution in [0.4, 0.5) is 0 Å². The Morgan fingerprint density at radius 1 is 1.63 bits per heavy atom. The maximum Gasteiger partial charge on any atom is 0.326 e. The van der Waals surface area contributed by atoms with Crippen molar-refractivity contribution in [2.24, 2.45) is 0 Å². The molecule has 0 saturated carbocycles. The first kappa shape index (κ1) is 13.5. The largest absolute Gasteiger partial charge is 0.480 e. The highest BCUT2D eigenvalue weighted by Gasteiger charge is 2.37. The van der Waals surface area contributed by atoms with E-state index in [-0.39, 0.29) is 12.3 Å². The van der Waals surface area contributed by atoms with Gasteiger partial charge < -0.3 is 20.7 Å². The second-order valence-electron chi connectivity index (χ2n) is 5.01. The average molecular weight is 266 g/mol. The SMILES string of the molecule is CC1(C(=O)N[C@H](Cc2cnc[nH]2)C(=O)O)CCCN1. The molecule has 4 N–H and O–H groups in total. The number of imidazole rings is 1. The second kappa shape index (κ2) is 5.40. The summed E-state index contributed by atoms with van der Waals surface area (Å²) in [6.07, 6.45) is 4.86. The molecule has 1 aromatic rings. The molecule has 7 heteroatoms. The van der Waals surface area contributed by atoms with Gasteiger partial charge in [0.2, 0.25) is 5.91 Å². The molecule has 1 fully saturated rings. The fraction of sp³-hybridized carbons (Fsp3) is 0.583. The van der Waals surface area contributed by atoms with Crippen molar-refractivity contribution in [3.05, 3.63) is 18.2 Å². The zero-order chi connectivity index (χ0) is 13.9. The summed E-state index contributed by atoms with van der Waals surface area (Å²) in [7, 11) is 0. The third-order valence-corrected chi connectivity index (χ3v) is 3.45. The topological polar surface area (TPSA) is 107 Å². The van der Waals surface area contributed by atoms with Crippen LogP contribution in [-0.4, -0.2) is 45.1 Å². The summed E-state index contributed by atoms with van der Waals surface area (Å²) in [4.78, 5) is 30.0. The van der Waals surface area contributed by atoms with Crippen LogP contribution in [0.3, 0.4) is 0 Å². The van der Waals surface area contributed by atoms with E-state index in [2.05, 4.69) is 20.6 Å². The number of H-pyrrole nitrogens is 1. The van der Waals surface area contributed by atoms with Gasteiger partial charge in [0, 0.05) is 18.3 Å². The van der Waals surface area contributed by atoms with E-state index in [0.717, 1.165) is 19.4 Å². The zero-order valence-electron chi connectivity index (χ0n) is 10.8. The number of aliphatic carboxylic acids is 1. The normalized spacial score (nSPS) is 24.1. The van der Waals surface area contributed by atoms with E-state index in [1.165, 1.54) is 6.33 Å². The molecule has 1 unspecified atom stereocenters. The number of hydrogen-bond donors (Lipinski definition) is 4. The summed E-state index contributed by atoms with van der Waals surface area (Å²) in [6, 6.07) is -0.952. The lowest BCUT2D eigenvalue weighted by molar-refractivity contribution is -0.142. The van der Waals surface area contributed by atoms with Crippen molar-refractivity contribution in [2.45, 2.75) is 37.8 Å². The quantitative estimate of drug-likeness (QED) is 0.583. The molecule has 1 aliphatic heterocycles. The fourth-order valence-electron chi connectivity index (χ4n) is 2.22. The van der Waals surface area contributed by atoms with Gasteiger partial charge in [0.1, 0.15) is 6.04 Å². The van der Waals surface area contributed by atoms with Crippen molar-refractivity contribution in [1.82, 2.24) is 20.6 Å². The van der Waals surface area contributed by atoms with Gasteiger partial charge >= 0.3 is 5.97 Å². The van der Waals surface area contributed by atoms with Crippen LogP contribution in [0, 0.1) is 0 Å². The molecule has 104 valence electrons. The van der Waals surface area contributed by atoms with E-state index in [4.69, 9.17) is 0 Å². The molecule has 1 saturated heterocycles. The van der Waals surface area contributed by atoms with E-state index in [1.54, 1.807) is 13.1 Å². The molecule has 1 amide bonds. The van der Waals surface area contributed by atoms with Crippen LogP contribution in [0.1, 0.15) is 25.5 Å². The molecule has 2 heterocycles. The molecule has 0 radical (unpaired) electrons. The van der Waals surface area contributed by atoms with Crippen molar-refractivity contribution in [2.75, 3.05) is 6.54 Å². The van der Waals surface area contributed by atoms with Crippen molar-refractivity contribution in [1.29, 1.82) is 0 Å². The Kier molecular flexibility index (Phi) is 3.84. The number of hydrogen-bond acceptors (Lipinski definition) is 4. The van der Waals surface area contributed by atoms with Gasteiger partial charge in [-0.2, -0.15) is 0 Å². The van der Waals surface area contributed by atoms with Crippen molar-refractivity contribution in [3.8, 4) is 0 Å². The second-order valence-corrected chi connectivity index (χ2v) is 5.01. The highest BCUT2D eigenvalue weighted by atomic mass is 16.4. The maximum atomic E-state index is 12.1. The summed E-state index contributed by atoms with van der Waals surface area (Å²) >= 11 is 0. The zero-order valence-corrected chi connectivity index (χ0v) is 10.8. The molecule has 0 aliphatic carbocycles. The van der Waals surface area contributed by atoms with Crippen LogP contribution in [0.15, 0.2) is 12.5 Å². The standard InChI is InChI=1S/C12H18N4O3/c1-12(3-2-4-15-12)11(19)16-9(10(17)18)5-8-6-13-7-14-8/h6-7,9,15H,2-5H2,1H3,(H,13,14)(H,16,19)(H,17,18)/t9-,12?/m1/s1. The van der Waals surface area contributed by atoms with Gasteiger partial charge in [-0.25, -0.2) is 9.78 Å². The van der Waals surface area contributed by atoms with Gasteiger partial charge in [-0.1, -0.05) is 0 Å². The Balaban J connectivity index is 2.00. The lowest BCUT2D eigenvalue weighted by atomic mass is 9.98. The molecule has 1 aromatic heterocycles. The van der Waals surface area contributed by atoms with Gasteiger partial charge in [-0.15, -0.1) is 0 Å². The molecule has 7 nitrogen and oxygen atoms in total. The Labute approximate surface area is 110 Å². The Bertz CT molecular complexity index is 452. The third kappa shape index (κ3) is 3.11. The third-order valence-electron chi connectivity index (χ3n) is 3.45. The van der Waals surface area contributed by atoms with Gasteiger partial charge in [-0.3, -0.25) is 4.79 Å². The first-order valence-electron chi connectivity index (χ1n) is 6.27. The Morgan fingerprint density at radius 3 is 2.95 bits per heavy atom. The smallest absolute Gasteiger partial charge is 0.326 e. The lowest BCUT2D eigenvalue weighted by Gasteiger charge is -2.25. The molecular weight excluding hydrogens is 248 g/mol. The van der Waals surface area contributed by atoms with Crippen LogP contribution in [0.2, 0.25) is 0 Å². The summed E-state index contributed by atoms with van der Waals surface area (Å²) in [5, 5.41) is 14.9. The van der Waals surface area contributed by atoms with E-state index >= 15 is 0 Å². The predicted octanol–water partition coefficient (Wildman–Crippen LogP) is -0.336. The van der Waals surface area contributed by atoms with Crippen LogP contribution in [0.25, 0.3) is 0 Å². The highest BCUT2D eigenvalue weighted by molar-refractivity contribution is 5.90. The lowest BCUT2D eigenvalue weighted by Crippen LogP contribution is -2.55. The Hall–Kier alpha value is -1.89. The number of rotatable bonds is 5. The van der Waals surface area contributed by atoms with Gasteiger partial charge in [-0.05, 0) is 26.3 Å². The number of carboxylic acid groups (broad SMARTS) is 1. The van der Waals surface area contributed by atoms with E-state index < -0.39 is 17.6 Å². The fourth-order valence-corrected chi connectivity index (χ4v) is 2.22. The maximum absolute atomic E-state index is 12.1. The molecule has 1 aliphatic rings. The first-order chi connectivity index (χ1) is 9.01. The average Bonchev–Trinajstić information content (AvgIpc) is 3.00. The molecule has 19 heavy (non-hydrogen) atoms. The van der Waals surface area contributed by atoms with Crippen LogP contribution < -0.4 is 10.6 Å². The molecular formula is C12H18N4O3. The first-order valence-corrected chi connectivity index (χ1v) is 6.27. The molecule has 2 atom stereocenters. The van der Waals surface area contributed by atoms with E-state index in [0.29, 0.717) is 5.69 Å². The van der Waals surface area contributed by atoms with Crippen LogP contribution >= 0.6 is 0 Å². The molecule has 2 rings (SSSR count). The van der Waals surface area contributed by atoms with Crippen LogP contribution in [-0.2, 0) is 16.0 Å². The molecule has 0 aromatic carbocycles. The molecule has 0 spiro atoms. The summed E-state index contributed by atoms with van der Waals surface area (Å²) in [6.45, 7) is 2.58. The number of carbonyl (C=O) groups excluding carboxylic acids is 1. The summed E-state index contributed by atoms with van der Waals surface area (Å²) in [5.41, 5.74) is 0.0130. The number of carboxylic acids is 1. The number of aromatic nitrogens is 2. The van der Waals surface area contributed by atoms with Crippen LogP contribution in [0.5, 0.6) is 0 Å². The monoisotopic (exact) mass is 266 g/mol. The summed E-state index contributed by atoms with van der Waals surface area (Å²) < 4.78 is 0. The number of nitrogens with one attached hydrogen (secondary N) is 3. The number of carbonyl (C=O) groups is 2. The van der Waals surface area contributed by atoms with Crippen molar-refractivity contribution < 1.29 is 14.7 Å². The van der Waals surface area contributed by atoms with E-state index in [1.807, 2.05) is 0 Å². The highest BCUT2D eigenvalue weighted by Crippen LogP contribution is 2.18.